The molecule has 1 fully saturated rings. The van der Waals surface area contributed by atoms with Gasteiger partial charge in [-0.1, -0.05) is 13.8 Å². The maximum absolute atomic E-state index is 11.0. The third kappa shape index (κ3) is 2.37. The van der Waals surface area contributed by atoms with Gasteiger partial charge in [-0.3, -0.25) is 0 Å². The van der Waals surface area contributed by atoms with Crippen LogP contribution in [-0.2, 0) is 0 Å². The van der Waals surface area contributed by atoms with Crippen molar-refractivity contribution in [3.05, 3.63) is 0 Å². The van der Waals surface area contributed by atoms with Crippen LogP contribution in [0.25, 0.3) is 0 Å². The highest BCUT2D eigenvalue weighted by molar-refractivity contribution is 5.74. The zero-order chi connectivity index (χ0) is 9.14. The number of hydrogen-bond acceptors (Lipinski definition) is 2. The Balaban J connectivity index is 2.35. The molecular formula is C8H17N3O. The van der Waals surface area contributed by atoms with Gasteiger partial charge in [-0.2, -0.15) is 0 Å². The van der Waals surface area contributed by atoms with Gasteiger partial charge in [-0.15, -0.1) is 0 Å². The molecule has 0 radical (unpaired) electrons. The van der Waals surface area contributed by atoms with E-state index in [9.17, 15) is 4.79 Å². The minimum absolute atomic E-state index is 0.0248. The molecule has 12 heavy (non-hydrogen) atoms. The summed E-state index contributed by atoms with van der Waals surface area (Å²) >= 11 is 0. The standard InChI is InChI=1S/C8H17N3O/c1-6(2)10-7-4-9-8(12)11(3)5-7/h6-7,10H,4-5H2,1-3H3,(H,9,12). The fourth-order valence-corrected chi connectivity index (χ4v) is 1.41. The lowest BCUT2D eigenvalue weighted by molar-refractivity contribution is 0.185. The maximum atomic E-state index is 11.0. The monoisotopic (exact) mass is 171 g/mol. The molecule has 0 aromatic heterocycles. The molecule has 0 spiro atoms. The molecule has 70 valence electrons. The van der Waals surface area contributed by atoms with Crippen molar-refractivity contribution in [2.45, 2.75) is 25.9 Å². The quantitative estimate of drug-likeness (QED) is 0.614. The molecule has 2 amide bonds. The first-order chi connectivity index (χ1) is 5.59. The summed E-state index contributed by atoms with van der Waals surface area (Å²) in [5.74, 6) is 0. The molecule has 2 N–H and O–H groups in total. The molecule has 0 bridgehead atoms. The summed E-state index contributed by atoms with van der Waals surface area (Å²) in [6.45, 7) is 5.75. The average Bonchev–Trinajstić information content (AvgIpc) is 1.96. The van der Waals surface area contributed by atoms with Crippen LogP contribution in [0.3, 0.4) is 0 Å². The van der Waals surface area contributed by atoms with Gasteiger partial charge in [-0.25, -0.2) is 4.79 Å². The lowest BCUT2D eigenvalue weighted by atomic mass is 10.2. The first-order valence-electron chi connectivity index (χ1n) is 4.34. The Hall–Kier alpha value is -0.770. The fraction of sp³-hybridized carbons (Fsp3) is 0.875. The van der Waals surface area contributed by atoms with Crippen molar-refractivity contribution in [2.24, 2.45) is 0 Å². The van der Waals surface area contributed by atoms with Crippen LogP contribution in [0.2, 0.25) is 0 Å². The molecule has 0 aromatic carbocycles. The van der Waals surface area contributed by atoms with Crippen LogP contribution in [-0.4, -0.2) is 43.2 Å². The molecular weight excluding hydrogens is 154 g/mol. The summed E-state index contributed by atoms with van der Waals surface area (Å²) in [6.07, 6.45) is 0. The van der Waals surface area contributed by atoms with Gasteiger partial charge in [0.25, 0.3) is 0 Å². The smallest absolute Gasteiger partial charge is 0.317 e. The Morgan fingerprint density at radius 3 is 2.83 bits per heavy atom. The van der Waals surface area contributed by atoms with E-state index in [1.807, 2.05) is 7.05 Å². The first kappa shape index (κ1) is 9.32. The van der Waals surface area contributed by atoms with E-state index in [1.165, 1.54) is 0 Å². The first-order valence-corrected chi connectivity index (χ1v) is 4.34. The Morgan fingerprint density at radius 1 is 1.67 bits per heavy atom. The van der Waals surface area contributed by atoms with Gasteiger partial charge in [0, 0.05) is 32.2 Å². The zero-order valence-corrected chi connectivity index (χ0v) is 7.92. The summed E-state index contributed by atoms with van der Waals surface area (Å²) in [5.41, 5.74) is 0. The minimum Gasteiger partial charge on any atom is -0.336 e. The van der Waals surface area contributed by atoms with E-state index in [2.05, 4.69) is 24.5 Å². The second kappa shape index (κ2) is 3.76. The van der Waals surface area contributed by atoms with E-state index in [0.29, 0.717) is 12.1 Å². The normalized spacial score (nSPS) is 24.5. The number of amides is 2. The van der Waals surface area contributed by atoms with Crippen LogP contribution in [0.1, 0.15) is 13.8 Å². The van der Waals surface area contributed by atoms with E-state index in [-0.39, 0.29) is 6.03 Å². The van der Waals surface area contributed by atoms with E-state index >= 15 is 0 Å². The summed E-state index contributed by atoms with van der Waals surface area (Å²) in [5, 5.41) is 6.19. The fourth-order valence-electron chi connectivity index (χ4n) is 1.41. The second-order valence-corrected chi connectivity index (χ2v) is 3.58. The van der Waals surface area contributed by atoms with Gasteiger partial charge < -0.3 is 15.5 Å². The predicted molar refractivity (Wildman–Crippen MR) is 48.1 cm³/mol. The Morgan fingerprint density at radius 2 is 2.33 bits per heavy atom. The van der Waals surface area contributed by atoms with E-state index in [1.54, 1.807) is 4.90 Å². The van der Waals surface area contributed by atoms with Crippen molar-refractivity contribution in [2.75, 3.05) is 20.1 Å². The molecule has 1 rings (SSSR count). The van der Waals surface area contributed by atoms with Gasteiger partial charge in [-0.05, 0) is 0 Å². The van der Waals surface area contributed by atoms with Crippen LogP contribution >= 0.6 is 0 Å². The molecule has 1 unspecified atom stereocenters. The summed E-state index contributed by atoms with van der Waals surface area (Å²) in [4.78, 5) is 12.7. The number of carbonyl (C=O) groups is 1. The number of likely N-dealkylation sites (N-methyl/N-ethyl adjacent to an activating group) is 1. The van der Waals surface area contributed by atoms with E-state index in [0.717, 1.165) is 13.1 Å². The molecule has 1 heterocycles. The predicted octanol–water partition coefficient (Wildman–Crippen LogP) is 0.00800. The number of hydrogen-bond donors (Lipinski definition) is 2. The highest BCUT2D eigenvalue weighted by Crippen LogP contribution is 1.97. The molecule has 1 atom stereocenters. The van der Waals surface area contributed by atoms with Gasteiger partial charge >= 0.3 is 6.03 Å². The van der Waals surface area contributed by atoms with Crippen LogP contribution < -0.4 is 10.6 Å². The molecule has 1 aliphatic heterocycles. The van der Waals surface area contributed by atoms with Gasteiger partial charge in [0.2, 0.25) is 0 Å². The summed E-state index contributed by atoms with van der Waals surface area (Å²) in [6, 6.07) is 0.878. The van der Waals surface area contributed by atoms with Crippen molar-refractivity contribution >= 4 is 6.03 Å². The minimum atomic E-state index is 0.0248. The third-order valence-electron chi connectivity index (χ3n) is 1.91. The summed E-state index contributed by atoms with van der Waals surface area (Å²) in [7, 11) is 1.81. The topological polar surface area (TPSA) is 44.4 Å². The number of nitrogens with one attached hydrogen (secondary N) is 2. The number of rotatable bonds is 2. The SMILES string of the molecule is CC(C)NC1CNC(=O)N(C)C1. The number of carbonyl (C=O) groups excluding carboxylic acids is 1. The number of urea groups is 1. The van der Waals surface area contributed by atoms with Crippen LogP contribution in [0.4, 0.5) is 4.79 Å². The molecule has 0 aliphatic carbocycles. The lowest BCUT2D eigenvalue weighted by Crippen LogP contribution is -2.57. The van der Waals surface area contributed by atoms with Crippen molar-refractivity contribution in [3.8, 4) is 0 Å². The third-order valence-corrected chi connectivity index (χ3v) is 1.91. The largest absolute Gasteiger partial charge is 0.336 e. The van der Waals surface area contributed by atoms with Crippen LogP contribution in [0.15, 0.2) is 0 Å². The van der Waals surface area contributed by atoms with Crippen LogP contribution in [0.5, 0.6) is 0 Å². The van der Waals surface area contributed by atoms with Crippen LogP contribution in [0, 0.1) is 0 Å². The lowest BCUT2D eigenvalue weighted by Gasteiger charge is -2.32. The summed E-state index contributed by atoms with van der Waals surface area (Å²) < 4.78 is 0. The number of nitrogens with zero attached hydrogens (tertiary/aromatic N) is 1. The Kier molecular flexibility index (Phi) is 2.92. The average molecular weight is 171 g/mol. The Bertz CT molecular complexity index is 170. The molecule has 4 heteroatoms. The second-order valence-electron chi connectivity index (χ2n) is 3.58. The van der Waals surface area contributed by atoms with Crippen molar-refractivity contribution in [1.29, 1.82) is 0 Å². The maximum Gasteiger partial charge on any atom is 0.317 e. The van der Waals surface area contributed by atoms with Crippen molar-refractivity contribution < 1.29 is 4.79 Å². The molecule has 0 saturated carbocycles. The molecule has 1 saturated heterocycles. The zero-order valence-electron chi connectivity index (χ0n) is 7.92. The molecule has 0 aromatic rings. The Labute approximate surface area is 73.3 Å². The van der Waals surface area contributed by atoms with Gasteiger partial charge in [0.15, 0.2) is 0 Å². The highest BCUT2D eigenvalue weighted by Gasteiger charge is 2.21. The highest BCUT2D eigenvalue weighted by atomic mass is 16.2. The van der Waals surface area contributed by atoms with Gasteiger partial charge in [0.05, 0.1) is 0 Å². The van der Waals surface area contributed by atoms with Crippen molar-refractivity contribution in [1.82, 2.24) is 15.5 Å². The van der Waals surface area contributed by atoms with Crippen molar-refractivity contribution in [3.63, 3.8) is 0 Å². The molecule has 1 aliphatic rings. The van der Waals surface area contributed by atoms with Gasteiger partial charge in [0.1, 0.15) is 0 Å². The van der Waals surface area contributed by atoms with E-state index in [4.69, 9.17) is 0 Å². The molecule has 4 nitrogen and oxygen atoms in total. The van der Waals surface area contributed by atoms with E-state index < -0.39 is 0 Å².